The lowest BCUT2D eigenvalue weighted by Crippen LogP contribution is -2.50. The van der Waals surface area contributed by atoms with E-state index in [-0.39, 0.29) is 17.5 Å². The van der Waals surface area contributed by atoms with Gasteiger partial charge in [0.25, 0.3) is 11.8 Å². The van der Waals surface area contributed by atoms with E-state index in [9.17, 15) is 9.59 Å². The van der Waals surface area contributed by atoms with Crippen molar-refractivity contribution in [3.05, 3.63) is 72.1 Å². The quantitative estimate of drug-likeness (QED) is 0.735. The molecule has 3 heterocycles. The molecular formula is C21H21N5O3. The van der Waals surface area contributed by atoms with E-state index in [1.807, 2.05) is 31.2 Å². The maximum atomic E-state index is 12.7. The summed E-state index contributed by atoms with van der Waals surface area (Å²) in [5, 5.41) is 3.17. The summed E-state index contributed by atoms with van der Waals surface area (Å²) in [6, 6.07) is 11.2. The van der Waals surface area contributed by atoms with Crippen LogP contribution in [0, 0.1) is 6.92 Å². The lowest BCUT2D eigenvalue weighted by molar-refractivity contribution is 0.0515. The summed E-state index contributed by atoms with van der Waals surface area (Å²) >= 11 is 0. The van der Waals surface area contributed by atoms with Gasteiger partial charge in [-0.1, -0.05) is 12.1 Å². The van der Waals surface area contributed by atoms with Crippen molar-refractivity contribution in [3.8, 4) is 0 Å². The zero-order valence-corrected chi connectivity index (χ0v) is 16.0. The summed E-state index contributed by atoms with van der Waals surface area (Å²) in [5.74, 6) is 0.534. The van der Waals surface area contributed by atoms with Gasteiger partial charge >= 0.3 is 0 Å². The summed E-state index contributed by atoms with van der Waals surface area (Å²) in [5.41, 5.74) is 2.33. The van der Waals surface area contributed by atoms with Crippen LogP contribution in [-0.4, -0.2) is 57.8 Å². The Hall–Kier alpha value is -3.68. The highest BCUT2D eigenvalue weighted by Crippen LogP contribution is 2.16. The number of rotatable bonds is 4. The maximum absolute atomic E-state index is 12.7. The fourth-order valence-electron chi connectivity index (χ4n) is 3.20. The highest BCUT2D eigenvalue weighted by Gasteiger charge is 2.27. The number of aromatic nitrogens is 2. The molecule has 0 radical (unpaired) electrons. The van der Waals surface area contributed by atoms with E-state index in [4.69, 9.17) is 4.42 Å². The predicted molar refractivity (Wildman–Crippen MR) is 107 cm³/mol. The third-order valence-electron chi connectivity index (χ3n) is 4.75. The third kappa shape index (κ3) is 4.26. The molecule has 1 saturated heterocycles. The van der Waals surface area contributed by atoms with Crippen LogP contribution in [0.4, 0.5) is 11.5 Å². The topological polar surface area (TPSA) is 91.6 Å². The Labute approximate surface area is 168 Å². The number of nitrogens with zero attached hydrogens (tertiary/aromatic N) is 4. The van der Waals surface area contributed by atoms with E-state index < -0.39 is 0 Å². The lowest BCUT2D eigenvalue weighted by Gasteiger charge is -2.34. The van der Waals surface area contributed by atoms with E-state index in [1.165, 1.54) is 12.5 Å². The van der Waals surface area contributed by atoms with Gasteiger partial charge in [-0.2, -0.15) is 0 Å². The molecule has 1 fully saturated rings. The minimum absolute atomic E-state index is 0.159. The lowest BCUT2D eigenvalue weighted by atomic mass is 10.2. The molecule has 3 aromatic rings. The van der Waals surface area contributed by atoms with Crippen LogP contribution >= 0.6 is 0 Å². The first-order chi connectivity index (χ1) is 14.1. The molecule has 0 atom stereocenters. The summed E-state index contributed by atoms with van der Waals surface area (Å²) in [6.45, 7) is 3.80. The number of benzene rings is 1. The molecule has 8 nitrogen and oxygen atoms in total. The van der Waals surface area contributed by atoms with Gasteiger partial charge < -0.3 is 19.5 Å². The number of carbonyl (C=O) groups is 2. The van der Waals surface area contributed by atoms with Crippen LogP contribution in [0.3, 0.4) is 0 Å². The molecule has 148 valence electrons. The Kier molecular flexibility index (Phi) is 5.24. The van der Waals surface area contributed by atoms with E-state index in [0.717, 1.165) is 11.3 Å². The van der Waals surface area contributed by atoms with Crippen molar-refractivity contribution in [2.45, 2.75) is 6.92 Å². The van der Waals surface area contributed by atoms with Crippen LogP contribution in [0.2, 0.25) is 0 Å². The molecule has 1 aliphatic rings. The smallest absolute Gasteiger partial charge is 0.289 e. The summed E-state index contributed by atoms with van der Waals surface area (Å²) in [7, 11) is 0. The van der Waals surface area contributed by atoms with Crippen molar-refractivity contribution in [2.24, 2.45) is 0 Å². The molecule has 2 aromatic heterocycles. The first-order valence-electron chi connectivity index (χ1n) is 9.38. The van der Waals surface area contributed by atoms with Gasteiger partial charge in [-0.25, -0.2) is 9.97 Å². The summed E-state index contributed by atoms with van der Waals surface area (Å²) in [6.07, 6.45) is 4.50. The Balaban J connectivity index is 1.34. The molecule has 0 saturated carbocycles. The Morgan fingerprint density at radius 1 is 0.966 bits per heavy atom. The van der Waals surface area contributed by atoms with Crippen LogP contribution < -0.4 is 5.32 Å². The Morgan fingerprint density at radius 3 is 2.34 bits per heavy atom. The molecule has 0 spiro atoms. The minimum Gasteiger partial charge on any atom is -0.459 e. The largest absolute Gasteiger partial charge is 0.459 e. The van der Waals surface area contributed by atoms with Crippen LogP contribution in [0.15, 0.2) is 59.5 Å². The number of piperazine rings is 1. The van der Waals surface area contributed by atoms with Gasteiger partial charge in [-0.15, -0.1) is 0 Å². The van der Waals surface area contributed by atoms with Crippen molar-refractivity contribution >= 4 is 23.3 Å². The van der Waals surface area contributed by atoms with E-state index in [1.54, 1.807) is 28.1 Å². The van der Waals surface area contributed by atoms with E-state index in [2.05, 4.69) is 15.3 Å². The number of furan rings is 1. The SMILES string of the molecule is Cc1cccc(Nc2cnc(C(=O)N3CCN(C(=O)c4ccco4)CC3)cn2)c1. The van der Waals surface area contributed by atoms with Gasteiger partial charge in [-0.05, 0) is 36.8 Å². The minimum atomic E-state index is -0.190. The maximum Gasteiger partial charge on any atom is 0.289 e. The van der Waals surface area contributed by atoms with E-state index in [0.29, 0.717) is 37.8 Å². The molecule has 1 N–H and O–H groups in total. The number of aryl methyl sites for hydroxylation is 1. The molecule has 29 heavy (non-hydrogen) atoms. The number of amides is 2. The van der Waals surface area contributed by atoms with E-state index >= 15 is 0 Å². The van der Waals surface area contributed by atoms with Crippen LogP contribution in [0.1, 0.15) is 26.6 Å². The van der Waals surface area contributed by atoms with Crippen LogP contribution in [0.25, 0.3) is 0 Å². The van der Waals surface area contributed by atoms with Gasteiger partial charge in [0.15, 0.2) is 5.76 Å². The summed E-state index contributed by atoms with van der Waals surface area (Å²) < 4.78 is 5.16. The fourth-order valence-corrected chi connectivity index (χ4v) is 3.20. The Bertz CT molecular complexity index is 993. The van der Waals surface area contributed by atoms with Crippen LogP contribution in [0.5, 0.6) is 0 Å². The molecule has 4 rings (SSSR count). The third-order valence-corrected chi connectivity index (χ3v) is 4.75. The second-order valence-electron chi connectivity index (χ2n) is 6.84. The van der Waals surface area contributed by atoms with Gasteiger partial charge in [0.1, 0.15) is 11.5 Å². The number of hydrogen-bond acceptors (Lipinski definition) is 6. The van der Waals surface area contributed by atoms with Crippen molar-refractivity contribution in [3.63, 3.8) is 0 Å². The molecule has 0 unspecified atom stereocenters. The first-order valence-corrected chi connectivity index (χ1v) is 9.38. The standard InChI is InChI=1S/C21H21N5O3/c1-15-4-2-5-16(12-15)24-19-14-22-17(13-23-19)20(27)25-7-9-26(10-8-25)21(28)18-6-3-11-29-18/h2-6,11-14H,7-10H2,1H3,(H,23,24). The van der Waals surface area contributed by atoms with Gasteiger partial charge in [-0.3, -0.25) is 9.59 Å². The molecule has 1 aromatic carbocycles. The predicted octanol–water partition coefficient (Wildman–Crippen LogP) is 2.72. The average Bonchev–Trinajstić information content (AvgIpc) is 3.28. The Morgan fingerprint density at radius 2 is 1.72 bits per heavy atom. The molecule has 0 bridgehead atoms. The zero-order valence-electron chi connectivity index (χ0n) is 16.0. The average molecular weight is 391 g/mol. The fraction of sp³-hybridized carbons (Fsp3) is 0.238. The highest BCUT2D eigenvalue weighted by atomic mass is 16.3. The number of carbonyl (C=O) groups excluding carboxylic acids is 2. The van der Waals surface area contributed by atoms with Crippen molar-refractivity contribution in [2.75, 3.05) is 31.5 Å². The normalized spacial score (nSPS) is 14.0. The van der Waals surface area contributed by atoms with Crippen molar-refractivity contribution < 1.29 is 14.0 Å². The first kappa shape index (κ1) is 18.7. The molecule has 2 amide bonds. The number of anilines is 2. The van der Waals surface area contributed by atoms with Crippen LogP contribution in [-0.2, 0) is 0 Å². The van der Waals surface area contributed by atoms with Crippen molar-refractivity contribution in [1.29, 1.82) is 0 Å². The van der Waals surface area contributed by atoms with Gasteiger partial charge in [0, 0.05) is 31.9 Å². The molecule has 0 aliphatic carbocycles. The second kappa shape index (κ2) is 8.14. The van der Waals surface area contributed by atoms with Gasteiger partial charge in [0.05, 0.1) is 18.7 Å². The highest BCUT2D eigenvalue weighted by molar-refractivity contribution is 5.93. The molecule has 8 heteroatoms. The summed E-state index contributed by atoms with van der Waals surface area (Å²) in [4.78, 5) is 36.9. The van der Waals surface area contributed by atoms with Crippen molar-refractivity contribution in [1.82, 2.24) is 19.8 Å². The monoisotopic (exact) mass is 391 g/mol. The number of nitrogens with one attached hydrogen (secondary N) is 1. The number of hydrogen-bond donors (Lipinski definition) is 1. The zero-order chi connectivity index (χ0) is 20.2. The van der Waals surface area contributed by atoms with Gasteiger partial charge in [0.2, 0.25) is 0 Å². The molecule has 1 aliphatic heterocycles. The second-order valence-corrected chi connectivity index (χ2v) is 6.84. The molecular weight excluding hydrogens is 370 g/mol.